The smallest absolute Gasteiger partial charge is 0.115 e. The number of aromatic hydroxyl groups is 1. The van der Waals surface area contributed by atoms with Crippen LogP contribution >= 0.6 is 0 Å². The van der Waals surface area contributed by atoms with Gasteiger partial charge in [0, 0.05) is 12.2 Å². The van der Waals surface area contributed by atoms with E-state index in [0.29, 0.717) is 11.7 Å². The minimum absolute atomic E-state index is 0.169. The third kappa shape index (κ3) is 3.08. The Morgan fingerprint density at radius 2 is 1.65 bits per heavy atom. The van der Waals surface area contributed by atoms with Crippen LogP contribution in [0.3, 0.4) is 0 Å². The van der Waals surface area contributed by atoms with Crippen LogP contribution in [-0.2, 0) is 6.42 Å². The Balaban J connectivity index is 1.82. The third-order valence-corrected chi connectivity index (χ3v) is 5.36. The number of anilines is 1. The molecule has 0 spiro atoms. The molecule has 0 aliphatic carbocycles. The van der Waals surface area contributed by atoms with Gasteiger partial charge in [-0.15, -0.1) is 0 Å². The maximum atomic E-state index is 9.91. The first-order valence-electron chi connectivity index (χ1n) is 9.37. The average molecular weight is 343 g/mol. The van der Waals surface area contributed by atoms with Gasteiger partial charge in [-0.2, -0.15) is 0 Å². The number of nitrogens with zero attached hydrogens (tertiary/aromatic N) is 1. The highest BCUT2D eigenvalue weighted by Crippen LogP contribution is 2.39. The van der Waals surface area contributed by atoms with Crippen LogP contribution < -0.4 is 4.90 Å². The lowest BCUT2D eigenvalue weighted by molar-refractivity contribution is 0.473. The average Bonchev–Trinajstić information content (AvgIpc) is 2.67. The lowest BCUT2D eigenvalue weighted by atomic mass is 9.87. The fourth-order valence-electron chi connectivity index (χ4n) is 3.93. The summed E-state index contributed by atoms with van der Waals surface area (Å²) in [7, 11) is 0. The van der Waals surface area contributed by atoms with E-state index in [1.165, 1.54) is 27.9 Å². The van der Waals surface area contributed by atoms with E-state index in [2.05, 4.69) is 79.4 Å². The van der Waals surface area contributed by atoms with E-state index in [9.17, 15) is 5.11 Å². The highest BCUT2D eigenvalue weighted by Gasteiger charge is 2.29. The summed E-state index contributed by atoms with van der Waals surface area (Å²) >= 11 is 0. The summed E-state index contributed by atoms with van der Waals surface area (Å²) in [6.45, 7) is 5.39. The van der Waals surface area contributed by atoms with Crippen molar-refractivity contribution in [3.63, 3.8) is 0 Å². The molecule has 3 aromatic rings. The zero-order chi connectivity index (χ0) is 18.1. The molecule has 0 amide bonds. The van der Waals surface area contributed by atoms with Crippen LogP contribution in [0.15, 0.2) is 72.8 Å². The van der Waals surface area contributed by atoms with Crippen LogP contribution in [0.1, 0.15) is 48.1 Å². The van der Waals surface area contributed by atoms with E-state index in [-0.39, 0.29) is 6.04 Å². The monoisotopic (exact) mass is 343 g/mol. The molecule has 0 bridgehead atoms. The summed E-state index contributed by atoms with van der Waals surface area (Å²) in [5, 5.41) is 9.91. The summed E-state index contributed by atoms with van der Waals surface area (Å²) in [4.78, 5) is 2.48. The number of hydrogen-bond donors (Lipinski definition) is 1. The number of para-hydroxylation sites is 1. The second-order valence-electron chi connectivity index (χ2n) is 7.39. The third-order valence-electron chi connectivity index (χ3n) is 5.36. The molecular formula is C24H25NO. The van der Waals surface area contributed by atoms with Crippen LogP contribution in [0.2, 0.25) is 0 Å². The number of rotatable bonds is 3. The Morgan fingerprint density at radius 3 is 2.35 bits per heavy atom. The molecule has 2 heteroatoms. The zero-order valence-corrected chi connectivity index (χ0v) is 15.4. The van der Waals surface area contributed by atoms with E-state index in [1.54, 1.807) is 0 Å². The summed E-state index contributed by atoms with van der Waals surface area (Å²) in [6, 6.07) is 25.6. The number of benzene rings is 3. The molecule has 4 rings (SSSR count). The molecule has 26 heavy (non-hydrogen) atoms. The van der Waals surface area contributed by atoms with Gasteiger partial charge in [-0.05, 0) is 58.9 Å². The molecule has 0 aromatic heterocycles. The fourth-order valence-corrected chi connectivity index (χ4v) is 3.93. The Labute approximate surface area is 155 Å². The van der Waals surface area contributed by atoms with Gasteiger partial charge in [-0.25, -0.2) is 0 Å². The van der Waals surface area contributed by atoms with Crippen molar-refractivity contribution in [3.8, 4) is 5.75 Å². The highest BCUT2D eigenvalue weighted by molar-refractivity contribution is 5.56. The molecule has 3 aromatic carbocycles. The predicted molar refractivity (Wildman–Crippen MR) is 108 cm³/mol. The van der Waals surface area contributed by atoms with E-state index >= 15 is 0 Å². The molecule has 0 fully saturated rings. The molecule has 1 aliphatic rings. The number of phenols is 1. The quantitative estimate of drug-likeness (QED) is 0.662. The van der Waals surface area contributed by atoms with Crippen molar-refractivity contribution in [2.75, 3.05) is 11.4 Å². The van der Waals surface area contributed by atoms with Gasteiger partial charge in [0.25, 0.3) is 0 Å². The fraction of sp³-hybridized carbons (Fsp3) is 0.250. The molecule has 132 valence electrons. The summed E-state index contributed by atoms with van der Waals surface area (Å²) in [5.74, 6) is 0.885. The second-order valence-corrected chi connectivity index (χ2v) is 7.39. The number of phenolic OH excluding ortho intramolecular Hbond substituents is 1. The molecule has 1 atom stereocenters. The van der Waals surface area contributed by atoms with Crippen molar-refractivity contribution >= 4 is 5.69 Å². The Morgan fingerprint density at radius 1 is 0.923 bits per heavy atom. The molecule has 0 saturated carbocycles. The van der Waals surface area contributed by atoms with Crippen LogP contribution in [0.5, 0.6) is 5.75 Å². The first-order valence-corrected chi connectivity index (χ1v) is 9.37. The van der Waals surface area contributed by atoms with Crippen molar-refractivity contribution in [2.45, 2.75) is 32.2 Å². The van der Waals surface area contributed by atoms with Crippen LogP contribution in [0.25, 0.3) is 0 Å². The predicted octanol–water partition coefficient (Wildman–Crippen LogP) is 5.67. The van der Waals surface area contributed by atoms with Crippen molar-refractivity contribution < 1.29 is 5.11 Å². The summed E-state index contributed by atoms with van der Waals surface area (Å²) in [6.07, 6.45) is 0.944. The lowest BCUT2D eigenvalue weighted by Crippen LogP contribution is -2.36. The first-order chi connectivity index (χ1) is 12.6. The van der Waals surface area contributed by atoms with Gasteiger partial charge in [0.15, 0.2) is 0 Å². The van der Waals surface area contributed by atoms with Gasteiger partial charge in [0.2, 0.25) is 0 Å². The van der Waals surface area contributed by atoms with Gasteiger partial charge in [0.05, 0.1) is 6.04 Å². The maximum absolute atomic E-state index is 9.91. The van der Waals surface area contributed by atoms with Gasteiger partial charge in [-0.3, -0.25) is 0 Å². The summed E-state index contributed by atoms with van der Waals surface area (Å²) < 4.78 is 0. The van der Waals surface area contributed by atoms with Crippen molar-refractivity contribution in [1.82, 2.24) is 0 Å². The van der Waals surface area contributed by atoms with Crippen molar-refractivity contribution in [1.29, 1.82) is 0 Å². The Bertz CT molecular complexity index is 884. The van der Waals surface area contributed by atoms with Crippen molar-refractivity contribution in [3.05, 3.63) is 95.1 Å². The van der Waals surface area contributed by atoms with Crippen LogP contribution in [0.4, 0.5) is 5.69 Å². The van der Waals surface area contributed by atoms with E-state index < -0.39 is 0 Å². The minimum atomic E-state index is 0.169. The minimum Gasteiger partial charge on any atom is -0.508 e. The van der Waals surface area contributed by atoms with Crippen molar-refractivity contribution in [2.24, 2.45) is 0 Å². The standard InChI is InChI=1S/C24H25NO/c1-17(2)18-8-10-19(11-9-18)24-23-13-12-22(26)16-20(23)14-15-25(24)21-6-4-3-5-7-21/h3-13,16-17,24,26H,14-15H2,1-2H3/t24-/m0/s1. The molecule has 1 aliphatic heterocycles. The Hall–Kier alpha value is -2.74. The maximum Gasteiger partial charge on any atom is 0.115 e. The number of fused-ring (bicyclic) bond motifs is 1. The van der Waals surface area contributed by atoms with E-state index in [4.69, 9.17) is 0 Å². The SMILES string of the molecule is CC(C)c1ccc([C@H]2c3ccc(O)cc3CCN2c2ccccc2)cc1. The summed E-state index contributed by atoms with van der Waals surface area (Å²) in [5.41, 5.74) is 6.43. The molecule has 0 saturated heterocycles. The molecule has 1 N–H and O–H groups in total. The van der Waals surface area contributed by atoms with Gasteiger partial charge in [0.1, 0.15) is 5.75 Å². The van der Waals surface area contributed by atoms with E-state index in [1.807, 2.05) is 12.1 Å². The highest BCUT2D eigenvalue weighted by atomic mass is 16.3. The normalized spacial score (nSPS) is 16.6. The topological polar surface area (TPSA) is 23.5 Å². The molecular weight excluding hydrogens is 318 g/mol. The first kappa shape index (κ1) is 16.7. The molecule has 0 radical (unpaired) electrons. The van der Waals surface area contributed by atoms with Crippen LogP contribution in [-0.4, -0.2) is 11.7 Å². The largest absolute Gasteiger partial charge is 0.508 e. The molecule has 2 nitrogen and oxygen atoms in total. The van der Waals surface area contributed by atoms with Gasteiger partial charge in [-0.1, -0.05) is 62.4 Å². The number of hydrogen-bond acceptors (Lipinski definition) is 2. The lowest BCUT2D eigenvalue weighted by Gasteiger charge is -2.39. The second kappa shape index (κ2) is 6.87. The zero-order valence-electron chi connectivity index (χ0n) is 15.4. The van der Waals surface area contributed by atoms with Gasteiger partial charge < -0.3 is 10.0 Å². The Kier molecular flexibility index (Phi) is 4.42. The van der Waals surface area contributed by atoms with Gasteiger partial charge >= 0.3 is 0 Å². The molecule has 1 heterocycles. The van der Waals surface area contributed by atoms with E-state index in [0.717, 1.165) is 13.0 Å². The van der Waals surface area contributed by atoms with Crippen LogP contribution in [0, 0.1) is 0 Å². The molecule has 0 unspecified atom stereocenters.